The van der Waals surface area contributed by atoms with Gasteiger partial charge in [-0.3, -0.25) is 0 Å². The largest absolute Gasteiger partial charge is 3.00 e. The summed E-state index contributed by atoms with van der Waals surface area (Å²) in [7, 11) is 3.98. The van der Waals surface area contributed by atoms with Crippen LogP contribution in [0.4, 0.5) is 8.78 Å². The van der Waals surface area contributed by atoms with Crippen LogP contribution in [0.5, 0.6) is 0 Å². The fraction of sp³-hybridized carbons (Fsp3) is 0.224. The van der Waals surface area contributed by atoms with Gasteiger partial charge >= 0.3 is 221 Å². The molecule has 3 heterocycles. The minimum absolute atomic E-state index is 0. The Morgan fingerprint density at radius 1 is 0.806 bits per heavy atom. The number of rotatable bonds is 7. The van der Waals surface area contributed by atoms with Crippen molar-refractivity contribution in [3.8, 4) is 45.5 Å². The summed E-state index contributed by atoms with van der Waals surface area (Å²) in [5.74, 6) is 7.45. The monoisotopic (exact) mass is 1130 g/mol. The van der Waals surface area contributed by atoms with Crippen LogP contribution < -0.4 is 8.96 Å². The first kappa shape index (κ1) is 48.9. The van der Waals surface area contributed by atoms with Crippen molar-refractivity contribution in [2.75, 3.05) is 0 Å². The van der Waals surface area contributed by atoms with Crippen molar-refractivity contribution < 1.29 is 37.9 Å². The molecule has 0 aliphatic rings. The molecule has 0 saturated carbocycles. The Morgan fingerprint density at radius 3 is 2.07 bits per heavy atom. The molecule has 5 nitrogen and oxygen atoms in total. The minimum Gasteiger partial charge on any atom is -0.343 e. The number of furan rings is 1. The second-order valence-corrected chi connectivity index (χ2v) is 30.5. The molecule has 6 aromatic carbocycles. The van der Waals surface area contributed by atoms with Crippen molar-refractivity contribution in [2.45, 2.75) is 83.0 Å². The van der Waals surface area contributed by atoms with Crippen molar-refractivity contribution in [1.82, 2.24) is 9.55 Å². The van der Waals surface area contributed by atoms with Gasteiger partial charge in [-0.25, -0.2) is 8.78 Å². The van der Waals surface area contributed by atoms with Crippen molar-refractivity contribution in [3.05, 3.63) is 181 Å². The predicted molar refractivity (Wildman–Crippen MR) is 270 cm³/mol. The number of para-hydroxylation sites is 2. The molecule has 0 amide bonds. The van der Waals surface area contributed by atoms with Crippen LogP contribution in [-0.2, 0) is 25.5 Å². The number of hydrogen-bond acceptors (Lipinski definition) is 3. The summed E-state index contributed by atoms with van der Waals surface area (Å²) in [5.41, 5.74) is 12.7. The quantitative estimate of drug-likeness (QED) is 0.0908. The Morgan fingerprint density at radius 2 is 1.46 bits per heavy atom. The number of nitriles is 1. The molecule has 0 fully saturated rings. The molecular formula is C58H56F2GeIrN4O+. The Bertz CT molecular complexity index is 3320. The Balaban J connectivity index is 0.000000280. The number of nitrogens with zero attached hydrogens (tertiary/aromatic N) is 4. The number of hydrogen-bond donors (Lipinski definition) is 0. The van der Waals surface area contributed by atoms with Crippen molar-refractivity contribution >= 4 is 50.6 Å². The van der Waals surface area contributed by atoms with Gasteiger partial charge in [0.25, 0.3) is 0 Å². The molecule has 0 radical (unpaired) electrons. The minimum atomic E-state index is -1.94. The van der Waals surface area contributed by atoms with Crippen molar-refractivity contribution in [3.63, 3.8) is 0 Å². The first-order chi connectivity index (χ1) is 31.3. The third kappa shape index (κ3) is 9.48. The van der Waals surface area contributed by atoms with Gasteiger partial charge in [0, 0.05) is 12.4 Å². The van der Waals surface area contributed by atoms with Gasteiger partial charge < -0.3 is 8.98 Å². The Hall–Kier alpha value is -5.98. The van der Waals surface area contributed by atoms with E-state index in [-0.39, 0.29) is 54.3 Å². The zero-order valence-corrected chi connectivity index (χ0v) is 44.4. The van der Waals surface area contributed by atoms with Crippen LogP contribution in [0.3, 0.4) is 0 Å². The summed E-state index contributed by atoms with van der Waals surface area (Å²) >= 11 is -1.94. The second-order valence-electron chi connectivity index (χ2n) is 19.8. The molecule has 0 unspecified atom stereocenters. The van der Waals surface area contributed by atoms with E-state index in [1.165, 1.54) is 50.4 Å². The fourth-order valence-electron chi connectivity index (χ4n) is 8.63. The molecule has 0 spiro atoms. The third-order valence-electron chi connectivity index (χ3n) is 12.4. The van der Waals surface area contributed by atoms with Gasteiger partial charge in [-0.2, -0.15) is 17.7 Å². The summed E-state index contributed by atoms with van der Waals surface area (Å²) in [6.07, 6.45) is 1.93. The standard InChI is InChI=1S/C41H37FGeN3O.C17H19FN.Ir/c1-24(2)33-21-28(26-15-18-29(19-16-26)43(5,6)7)22-34(25(3)4)38(33)46-36-14-9-8-13-35(36)45-41(46)32-12-10-11-30-31-20-17-27(23-44)37(42)40(31)47-39(30)32;1-12-10-14(18)6-7-15(12)16-11-13(17(2,3)4)8-9-19(16)5;/h8-11,13-22,24-25H,1-7H3;6-11H,1,5H2,2-4H3;/q2*-1;+3. The molecule has 9 aromatic rings. The summed E-state index contributed by atoms with van der Waals surface area (Å²) in [6.45, 7) is 19.4. The predicted octanol–water partition coefficient (Wildman–Crippen LogP) is 14.8. The summed E-state index contributed by atoms with van der Waals surface area (Å²) in [5, 5.41) is 10.8. The maximum atomic E-state index is 15.4. The average molecular weight is 1130 g/mol. The molecule has 67 heavy (non-hydrogen) atoms. The van der Waals surface area contributed by atoms with E-state index < -0.39 is 19.1 Å². The van der Waals surface area contributed by atoms with Gasteiger partial charge in [-0.1, -0.05) is 62.1 Å². The van der Waals surface area contributed by atoms with Crippen LogP contribution in [0.15, 0.2) is 126 Å². The van der Waals surface area contributed by atoms with E-state index in [1.807, 2.05) is 42.6 Å². The van der Waals surface area contributed by atoms with Crippen LogP contribution in [0, 0.1) is 43.0 Å². The van der Waals surface area contributed by atoms with E-state index in [4.69, 9.17) is 9.40 Å². The number of halogens is 2. The molecule has 9 rings (SSSR count). The summed E-state index contributed by atoms with van der Waals surface area (Å²) < 4.78 is 40.3. The first-order valence-electron chi connectivity index (χ1n) is 22.5. The van der Waals surface area contributed by atoms with E-state index in [0.717, 1.165) is 33.4 Å². The van der Waals surface area contributed by atoms with E-state index in [9.17, 15) is 9.65 Å². The maximum Gasteiger partial charge on any atom is 3.00 e. The number of pyridine rings is 1. The SMILES string of the molecule is CC(C)c1cc(-c2cc[c]([Ge]([CH3])([CH3])[CH3])cc2)cc(C(C)C)c1-n1c(-c2[c-]ccc3c2oc2c(F)c(C#N)ccc23)nc2ccccc21.[CH2-]c1cc(F)ccc1-c1cc(C(C)(C)C)cc[n+]1[CH2-].[Ir+3]. The summed E-state index contributed by atoms with van der Waals surface area (Å²) in [6, 6.07) is 43.1. The molecule has 0 atom stereocenters. The van der Waals surface area contributed by atoms with E-state index in [2.05, 4.69) is 145 Å². The maximum absolute atomic E-state index is 15.4. The number of fused-ring (bicyclic) bond motifs is 4. The van der Waals surface area contributed by atoms with Gasteiger partial charge in [0.05, 0.1) is 23.3 Å². The van der Waals surface area contributed by atoms with E-state index >= 15 is 4.39 Å². The van der Waals surface area contributed by atoms with Crippen LogP contribution in [0.25, 0.3) is 72.4 Å². The van der Waals surface area contributed by atoms with Gasteiger partial charge in [0.1, 0.15) is 6.07 Å². The van der Waals surface area contributed by atoms with Gasteiger partial charge in [-0.05, 0) is 11.5 Å². The van der Waals surface area contributed by atoms with Crippen LogP contribution in [0.2, 0.25) is 17.3 Å². The number of imidazole rings is 1. The zero-order chi connectivity index (χ0) is 47.4. The van der Waals surface area contributed by atoms with Gasteiger partial charge in [0.15, 0.2) is 11.4 Å². The van der Waals surface area contributed by atoms with E-state index in [1.54, 1.807) is 16.7 Å². The molecular weight excluding hydrogens is 1070 g/mol. The summed E-state index contributed by atoms with van der Waals surface area (Å²) in [4.78, 5) is 5.18. The first-order valence-corrected chi connectivity index (χ1v) is 29.8. The molecule has 340 valence electrons. The smallest absolute Gasteiger partial charge is 0.343 e. The molecule has 3 aromatic heterocycles. The molecule has 9 heteroatoms. The van der Waals surface area contributed by atoms with Gasteiger partial charge in [-0.15, -0.1) is 29.8 Å². The fourth-order valence-corrected chi connectivity index (χ4v) is 11.1. The topological polar surface area (TPSA) is 58.6 Å². The van der Waals surface area contributed by atoms with Crippen LogP contribution in [0.1, 0.15) is 88.1 Å². The van der Waals surface area contributed by atoms with Crippen LogP contribution in [-0.4, -0.2) is 22.8 Å². The van der Waals surface area contributed by atoms with Crippen LogP contribution >= 0.6 is 0 Å². The molecule has 0 saturated heterocycles. The molecule has 0 N–H and O–H groups in total. The zero-order valence-electron chi connectivity index (χ0n) is 39.9. The Kier molecular flexibility index (Phi) is 13.8. The molecule has 0 aliphatic heterocycles. The average Bonchev–Trinajstić information content (AvgIpc) is 3.85. The Labute approximate surface area is 410 Å². The normalized spacial score (nSPS) is 11.8. The van der Waals surface area contributed by atoms with Crippen molar-refractivity contribution in [1.29, 1.82) is 5.26 Å². The molecule has 0 aliphatic carbocycles. The van der Waals surface area contributed by atoms with Gasteiger partial charge in [0.2, 0.25) is 0 Å². The second kappa shape index (κ2) is 19.0. The van der Waals surface area contributed by atoms with E-state index in [0.29, 0.717) is 27.9 Å². The number of aromatic nitrogens is 3. The van der Waals surface area contributed by atoms with Crippen molar-refractivity contribution in [2.24, 2.45) is 0 Å². The third-order valence-corrected chi connectivity index (χ3v) is 16.7. The molecule has 0 bridgehead atoms. The number of benzene rings is 6.